The van der Waals surface area contributed by atoms with Crippen LogP contribution in [-0.2, 0) is 10.0 Å². The third-order valence-electron chi connectivity index (χ3n) is 4.20. The molecule has 0 atom stereocenters. The van der Waals surface area contributed by atoms with Crippen molar-refractivity contribution in [3.05, 3.63) is 75.2 Å². The van der Waals surface area contributed by atoms with Gasteiger partial charge < -0.3 is 14.8 Å². The minimum absolute atomic E-state index is 0.0830. The fraction of sp³-hybridized carbons (Fsp3) is 0. The average Bonchev–Trinajstić information content (AvgIpc) is 3.19. The third kappa shape index (κ3) is 4.43. The van der Waals surface area contributed by atoms with Crippen LogP contribution in [0.15, 0.2) is 74.5 Å². The molecule has 154 valence electrons. The third-order valence-corrected chi connectivity index (χ3v) is 7.26. The number of nitrogens with one attached hydrogen (secondary N) is 4. The van der Waals surface area contributed by atoms with Gasteiger partial charge in [-0.3, -0.25) is 9.52 Å². The Morgan fingerprint density at radius 1 is 0.933 bits per heavy atom. The topological polar surface area (TPSA) is 99.3 Å². The molecule has 1 aliphatic heterocycles. The monoisotopic (exact) mass is 568 g/mol. The summed E-state index contributed by atoms with van der Waals surface area (Å²) in [4.78, 5) is 13.0. The minimum atomic E-state index is -3.95. The van der Waals surface area contributed by atoms with Crippen LogP contribution in [0, 0.1) is 0 Å². The van der Waals surface area contributed by atoms with Crippen LogP contribution < -0.4 is 19.5 Å². The number of anilines is 4. The quantitative estimate of drug-likeness (QED) is 0.296. The highest BCUT2D eigenvalue weighted by Crippen LogP contribution is 2.38. The second-order valence-electron chi connectivity index (χ2n) is 6.24. The summed E-state index contributed by atoms with van der Waals surface area (Å²) in [5.74, 6) is -0.440. The molecule has 7 nitrogen and oxygen atoms in total. The molecule has 11 heteroatoms. The number of hydrogen-bond donors (Lipinski definition) is 4. The van der Waals surface area contributed by atoms with Crippen LogP contribution in [0.5, 0.6) is 0 Å². The van der Waals surface area contributed by atoms with Crippen molar-refractivity contribution in [1.82, 2.24) is 0 Å². The Balaban J connectivity index is 1.66. The summed E-state index contributed by atoms with van der Waals surface area (Å²) in [5.41, 5.74) is 2.08. The van der Waals surface area contributed by atoms with Gasteiger partial charge in [-0.25, -0.2) is 8.42 Å². The Hall–Kier alpha value is -2.21. The fourth-order valence-electron chi connectivity index (χ4n) is 2.80. The lowest BCUT2D eigenvalue weighted by Crippen LogP contribution is -2.19. The maximum Gasteiger partial charge on any atom is 0.264 e. The minimum Gasteiger partial charge on any atom is -0.322 e. The van der Waals surface area contributed by atoms with Crippen molar-refractivity contribution < 1.29 is 13.2 Å². The molecule has 0 radical (unpaired) electrons. The first-order chi connectivity index (χ1) is 14.3. The van der Waals surface area contributed by atoms with Crippen LogP contribution >= 0.6 is 44.0 Å². The van der Waals surface area contributed by atoms with E-state index in [2.05, 4.69) is 51.3 Å². The number of amides is 1. The molecular weight excluding hydrogens is 556 g/mol. The number of rotatable bonds is 5. The molecule has 0 fully saturated rings. The molecule has 1 aliphatic rings. The van der Waals surface area contributed by atoms with Gasteiger partial charge in [-0.15, -0.1) is 0 Å². The van der Waals surface area contributed by atoms with Gasteiger partial charge in [-0.1, -0.05) is 37.9 Å². The summed E-state index contributed by atoms with van der Waals surface area (Å²) >= 11 is 7.87. The lowest BCUT2D eigenvalue weighted by Gasteiger charge is -2.15. The molecule has 0 saturated heterocycles. The zero-order valence-electron chi connectivity index (χ0n) is 15.1. The molecule has 1 heterocycles. The molecule has 3 aromatic rings. The summed E-state index contributed by atoms with van der Waals surface area (Å²) in [6.07, 6.45) is 0. The van der Waals surface area contributed by atoms with Crippen molar-refractivity contribution in [1.29, 1.82) is 0 Å². The Morgan fingerprint density at radius 2 is 1.67 bits per heavy atom. The van der Waals surface area contributed by atoms with E-state index in [1.54, 1.807) is 54.6 Å². The predicted molar refractivity (Wildman–Crippen MR) is 128 cm³/mol. The van der Waals surface area contributed by atoms with Gasteiger partial charge in [-0.05, 0) is 54.6 Å². The van der Waals surface area contributed by atoms with Crippen molar-refractivity contribution in [3.63, 3.8) is 0 Å². The van der Waals surface area contributed by atoms with E-state index in [-0.39, 0.29) is 16.1 Å². The first kappa shape index (κ1) is 21.0. The first-order valence-electron chi connectivity index (χ1n) is 8.54. The van der Waals surface area contributed by atoms with Crippen molar-refractivity contribution in [2.24, 2.45) is 0 Å². The molecule has 0 aromatic heterocycles. The molecule has 0 bridgehead atoms. The highest BCUT2D eigenvalue weighted by molar-refractivity contribution is 9.10. The van der Waals surface area contributed by atoms with Crippen LogP contribution in [0.3, 0.4) is 0 Å². The van der Waals surface area contributed by atoms with Gasteiger partial charge in [0.2, 0.25) is 0 Å². The second-order valence-corrected chi connectivity index (χ2v) is 10.3. The number of para-hydroxylation sites is 1. The fourth-order valence-corrected chi connectivity index (χ4v) is 5.41. The van der Waals surface area contributed by atoms with Crippen molar-refractivity contribution >= 4 is 82.7 Å². The number of fused-ring (bicyclic) bond motifs is 1. The number of sulfonamides is 1. The van der Waals surface area contributed by atoms with Crippen LogP contribution in [0.2, 0.25) is 0 Å². The number of hydrogen-bond acceptors (Lipinski definition) is 6. The molecule has 0 spiro atoms. The lowest BCUT2D eigenvalue weighted by atomic mass is 10.1. The molecule has 30 heavy (non-hydrogen) atoms. The van der Waals surface area contributed by atoms with Crippen LogP contribution in [0.4, 0.5) is 22.7 Å². The molecule has 4 N–H and O–H groups in total. The van der Waals surface area contributed by atoms with Gasteiger partial charge in [0.25, 0.3) is 15.9 Å². The standard InChI is InChI=1S/C19H14Br2N4O3S2/c20-11-4-7-13(8-5-11)22-19(26)14-10-12(21)6-9-15(14)25-30(27,28)17-3-1-2-16-18(17)24-29-23-16/h1-10,23-25H,(H,22,26). The lowest BCUT2D eigenvalue weighted by molar-refractivity contribution is 0.102. The van der Waals surface area contributed by atoms with Crippen LogP contribution in [-0.4, -0.2) is 14.3 Å². The Bertz CT molecular complexity index is 1240. The smallest absolute Gasteiger partial charge is 0.264 e. The van der Waals surface area contributed by atoms with E-state index >= 15 is 0 Å². The second kappa shape index (κ2) is 8.50. The number of carbonyl (C=O) groups excluding carboxylic acids is 1. The Labute approximate surface area is 194 Å². The van der Waals surface area contributed by atoms with Crippen molar-refractivity contribution in [2.75, 3.05) is 19.5 Å². The zero-order chi connectivity index (χ0) is 21.3. The largest absolute Gasteiger partial charge is 0.322 e. The van der Waals surface area contributed by atoms with Gasteiger partial charge in [-0.2, -0.15) is 0 Å². The normalized spacial score (nSPS) is 12.5. The number of halogens is 2. The van der Waals surface area contributed by atoms with E-state index in [4.69, 9.17) is 0 Å². The molecule has 4 rings (SSSR count). The molecular formula is C19H14Br2N4O3S2. The summed E-state index contributed by atoms with van der Waals surface area (Å²) in [7, 11) is -3.95. The van der Waals surface area contributed by atoms with Crippen LogP contribution in [0.25, 0.3) is 0 Å². The van der Waals surface area contributed by atoms with Gasteiger partial charge in [0.05, 0.1) is 34.8 Å². The maximum atomic E-state index is 13.1. The van der Waals surface area contributed by atoms with E-state index in [0.717, 1.165) is 4.47 Å². The van der Waals surface area contributed by atoms with Crippen LogP contribution in [0.1, 0.15) is 10.4 Å². The average molecular weight is 570 g/mol. The molecule has 0 saturated carbocycles. The SMILES string of the molecule is O=C(Nc1ccc(Br)cc1)c1cc(Br)ccc1NS(=O)(=O)c1cccc2c1NSN2. The van der Waals surface area contributed by atoms with E-state index in [1.807, 2.05) is 0 Å². The predicted octanol–water partition coefficient (Wildman–Crippen LogP) is 5.67. The highest BCUT2D eigenvalue weighted by atomic mass is 79.9. The maximum absolute atomic E-state index is 13.1. The number of carbonyl (C=O) groups is 1. The van der Waals surface area contributed by atoms with Gasteiger partial charge >= 0.3 is 0 Å². The first-order valence-corrected chi connectivity index (χ1v) is 12.4. The van der Waals surface area contributed by atoms with Gasteiger partial charge in [0.15, 0.2) is 0 Å². The molecule has 0 unspecified atom stereocenters. The molecule has 3 aromatic carbocycles. The Morgan fingerprint density at radius 3 is 2.43 bits per heavy atom. The molecule has 0 aliphatic carbocycles. The van der Waals surface area contributed by atoms with Gasteiger partial charge in [0.1, 0.15) is 4.90 Å². The van der Waals surface area contributed by atoms with E-state index in [0.29, 0.717) is 21.5 Å². The summed E-state index contributed by atoms with van der Waals surface area (Å²) in [6, 6.07) is 16.8. The summed E-state index contributed by atoms with van der Waals surface area (Å²) in [5, 5.41) is 2.78. The zero-order valence-corrected chi connectivity index (χ0v) is 19.9. The summed E-state index contributed by atoms with van der Waals surface area (Å²) < 4.78 is 36.2. The van der Waals surface area contributed by atoms with E-state index in [9.17, 15) is 13.2 Å². The van der Waals surface area contributed by atoms with E-state index < -0.39 is 15.9 Å². The Kier molecular flexibility index (Phi) is 5.96. The van der Waals surface area contributed by atoms with Gasteiger partial charge in [0, 0.05) is 14.6 Å². The molecule has 1 amide bonds. The van der Waals surface area contributed by atoms with Crippen molar-refractivity contribution in [2.45, 2.75) is 4.90 Å². The highest BCUT2D eigenvalue weighted by Gasteiger charge is 2.25. The van der Waals surface area contributed by atoms with E-state index in [1.165, 1.54) is 18.2 Å². The summed E-state index contributed by atoms with van der Waals surface area (Å²) in [6.45, 7) is 0. The number of benzene rings is 3. The van der Waals surface area contributed by atoms with Crippen molar-refractivity contribution in [3.8, 4) is 0 Å².